The third-order valence-corrected chi connectivity index (χ3v) is 7.30. The molecule has 0 aliphatic carbocycles. The minimum absolute atomic E-state index is 0.0223. The van der Waals surface area contributed by atoms with Gasteiger partial charge < -0.3 is 20.3 Å². The molecule has 2 heterocycles. The second-order valence-electron chi connectivity index (χ2n) is 9.18. The zero-order valence-corrected chi connectivity index (χ0v) is 21.8. The van der Waals surface area contributed by atoms with Crippen LogP contribution in [0, 0.1) is 5.82 Å². The monoisotopic (exact) mass is 552 g/mol. The van der Waals surface area contributed by atoms with Crippen LogP contribution in [0.1, 0.15) is 25.8 Å². The highest BCUT2D eigenvalue weighted by Crippen LogP contribution is 2.30. The summed E-state index contributed by atoms with van der Waals surface area (Å²) in [5, 5.41) is 6.38. The Bertz CT molecular complexity index is 1030. The topological polar surface area (TPSA) is 56.8 Å². The molecule has 0 saturated carbocycles. The van der Waals surface area contributed by atoms with Gasteiger partial charge in [0, 0.05) is 48.4 Å². The average molecular weight is 554 g/mol. The molecule has 2 aliphatic heterocycles. The summed E-state index contributed by atoms with van der Waals surface area (Å²) in [5.41, 5.74) is 1.53. The summed E-state index contributed by atoms with van der Waals surface area (Å²) in [6.45, 7) is 8.31. The number of benzene rings is 2. The Kier molecular flexibility index (Phi) is 8.34. The summed E-state index contributed by atoms with van der Waals surface area (Å²) in [6, 6.07) is 10.7. The van der Waals surface area contributed by atoms with E-state index < -0.39 is 5.82 Å². The molecule has 2 aliphatic rings. The van der Waals surface area contributed by atoms with E-state index in [4.69, 9.17) is 16.3 Å². The van der Waals surface area contributed by atoms with E-state index in [0.29, 0.717) is 37.3 Å². The van der Waals surface area contributed by atoms with Crippen LogP contribution in [0.5, 0.6) is 5.75 Å². The normalized spacial score (nSPS) is 22.6. The molecule has 6 nitrogen and oxygen atoms in total. The number of halogens is 3. The summed E-state index contributed by atoms with van der Waals surface area (Å²) in [7, 11) is 0. The fourth-order valence-corrected chi connectivity index (χ4v) is 5.21. The molecular formula is C25H31BrClFN4O2. The Labute approximate surface area is 213 Å². The molecule has 9 heteroatoms. The molecule has 0 radical (unpaired) electrons. The zero-order chi connectivity index (χ0) is 24.2. The first-order valence-corrected chi connectivity index (χ1v) is 12.9. The number of rotatable bonds is 6. The van der Waals surface area contributed by atoms with Gasteiger partial charge in [0.15, 0.2) is 0 Å². The average Bonchev–Trinajstić information content (AvgIpc) is 2.80. The van der Waals surface area contributed by atoms with Crippen molar-refractivity contribution < 1.29 is 13.9 Å². The van der Waals surface area contributed by atoms with Crippen LogP contribution in [0.4, 0.5) is 14.9 Å². The number of urea groups is 1. The fraction of sp³-hybridized carbons (Fsp3) is 0.480. The van der Waals surface area contributed by atoms with Crippen LogP contribution in [0.3, 0.4) is 0 Å². The van der Waals surface area contributed by atoms with E-state index in [1.165, 1.54) is 18.2 Å². The molecule has 184 valence electrons. The SMILES string of the molecule is CC1CN[C@@H](C)CN1CCCN(C(=O)Nc1ccc(F)c(Cl)c1)C1COc2ccc(Br)cc2C1. The van der Waals surface area contributed by atoms with E-state index in [1.54, 1.807) is 0 Å². The molecule has 0 spiro atoms. The number of nitrogens with one attached hydrogen (secondary N) is 2. The van der Waals surface area contributed by atoms with E-state index in [2.05, 4.69) is 45.3 Å². The number of hydrogen-bond acceptors (Lipinski definition) is 4. The second kappa shape index (κ2) is 11.2. The molecule has 4 rings (SSSR count). The van der Waals surface area contributed by atoms with Gasteiger partial charge in [-0.3, -0.25) is 4.90 Å². The van der Waals surface area contributed by atoms with Crippen molar-refractivity contribution in [3.05, 3.63) is 57.3 Å². The number of carbonyl (C=O) groups is 1. The van der Waals surface area contributed by atoms with Crippen molar-refractivity contribution in [1.29, 1.82) is 0 Å². The number of hydrogen-bond donors (Lipinski definition) is 2. The minimum atomic E-state index is -0.515. The van der Waals surface area contributed by atoms with Crippen molar-refractivity contribution >= 4 is 39.2 Å². The van der Waals surface area contributed by atoms with Crippen molar-refractivity contribution in [2.45, 2.75) is 44.8 Å². The van der Waals surface area contributed by atoms with E-state index in [0.717, 1.165) is 41.8 Å². The lowest BCUT2D eigenvalue weighted by Gasteiger charge is -2.39. The number of anilines is 1. The minimum Gasteiger partial charge on any atom is -0.491 e. The second-order valence-corrected chi connectivity index (χ2v) is 10.5. The lowest BCUT2D eigenvalue weighted by molar-refractivity contribution is 0.118. The molecular weight excluding hydrogens is 523 g/mol. The van der Waals surface area contributed by atoms with Gasteiger partial charge in [-0.2, -0.15) is 0 Å². The van der Waals surface area contributed by atoms with Crippen LogP contribution in [-0.2, 0) is 6.42 Å². The predicted octanol–water partition coefficient (Wildman–Crippen LogP) is 5.15. The Morgan fingerprint density at radius 3 is 2.94 bits per heavy atom. The fourth-order valence-electron chi connectivity index (χ4n) is 4.62. The first-order valence-electron chi connectivity index (χ1n) is 11.7. The van der Waals surface area contributed by atoms with Crippen molar-refractivity contribution in [2.24, 2.45) is 0 Å². The summed E-state index contributed by atoms with van der Waals surface area (Å²) < 4.78 is 20.6. The highest BCUT2D eigenvalue weighted by atomic mass is 79.9. The Balaban J connectivity index is 1.47. The molecule has 1 saturated heterocycles. The lowest BCUT2D eigenvalue weighted by Crippen LogP contribution is -2.55. The molecule has 1 fully saturated rings. The van der Waals surface area contributed by atoms with Crippen molar-refractivity contribution in [1.82, 2.24) is 15.1 Å². The summed E-state index contributed by atoms with van der Waals surface area (Å²) in [4.78, 5) is 17.7. The van der Waals surface area contributed by atoms with E-state index >= 15 is 0 Å². The van der Waals surface area contributed by atoms with Crippen molar-refractivity contribution in [2.75, 3.05) is 38.1 Å². The van der Waals surface area contributed by atoms with Gasteiger partial charge in [-0.15, -0.1) is 0 Å². The van der Waals surface area contributed by atoms with Gasteiger partial charge in [0.05, 0.1) is 11.1 Å². The van der Waals surface area contributed by atoms with Crippen molar-refractivity contribution in [3.8, 4) is 5.75 Å². The number of fused-ring (bicyclic) bond motifs is 1. The highest BCUT2D eigenvalue weighted by molar-refractivity contribution is 9.10. The van der Waals surface area contributed by atoms with Crippen LogP contribution >= 0.6 is 27.5 Å². The van der Waals surface area contributed by atoms with Crippen LogP contribution in [0.25, 0.3) is 0 Å². The standard InChI is InChI=1S/C25H31BrClFN4O2/c1-16-14-31(17(2)13-29-16)8-3-9-32(25(33)30-20-5-6-23(28)22(27)12-20)21-11-18-10-19(26)4-7-24(18)34-15-21/h4-7,10,12,16-17,21,29H,3,8-9,11,13-15H2,1-2H3,(H,30,33)/t16-,17?,21?/m0/s1. The van der Waals surface area contributed by atoms with Gasteiger partial charge in [-0.25, -0.2) is 9.18 Å². The first kappa shape index (κ1) is 25.2. The quantitative estimate of drug-likeness (QED) is 0.519. The first-order chi connectivity index (χ1) is 16.3. The van der Waals surface area contributed by atoms with Gasteiger partial charge in [0.2, 0.25) is 0 Å². The number of ether oxygens (including phenoxy) is 1. The number of carbonyl (C=O) groups excluding carboxylic acids is 1. The molecule has 34 heavy (non-hydrogen) atoms. The number of piperazine rings is 1. The molecule has 2 amide bonds. The van der Waals surface area contributed by atoms with Crippen LogP contribution in [0.2, 0.25) is 5.02 Å². The highest BCUT2D eigenvalue weighted by Gasteiger charge is 2.30. The van der Waals surface area contributed by atoms with Gasteiger partial charge >= 0.3 is 6.03 Å². The number of nitrogens with zero attached hydrogens (tertiary/aromatic N) is 2. The van der Waals surface area contributed by atoms with Crippen molar-refractivity contribution in [3.63, 3.8) is 0 Å². The van der Waals surface area contributed by atoms with Crippen LogP contribution < -0.4 is 15.4 Å². The maximum Gasteiger partial charge on any atom is 0.322 e. The molecule has 2 aromatic carbocycles. The summed E-state index contributed by atoms with van der Waals surface area (Å²) >= 11 is 9.44. The van der Waals surface area contributed by atoms with E-state index in [9.17, 15) is 9.18 Å². The van der Waals surface area contributed by atoms with E-state index in [1.807, 2.05) is 23.1 Å². The smallest absolute Gasteiger partial charge is 0.322 e. The predicted molar refractivity (Wildman–Crippen MR) is 137 cm³/mol. The molecule has 0 aromatic heterocycles. The Hall–Kier alpha value is -1.87. The van der Waals surface area contributed by atoms with Gasteiger partial charge in [0.25, 0.3) is 0 Å². The van der Waals surface area contributed by atoms with Gasteiger partial charge in [-0.1, -0.05) is 27.5 Å². The van der Waals surface area contributed by atoms with Gasteiger partial charge in [0.1, 0.15) is 18.2 Å². The summed E-state index contributed by atoms with van der Waals surface area (Å²) in [5.74, 6) is 0.340. The number of amides is 2. The third-order valence-electron chi connectivity index (χ3n) is 6.52. The molecule has 2 unspecified atom stereocenters. The molecule has 3 atom stereocenters. The summed E-state index contributed by atoms with van der Waals surface area (Å²) in [6.07, 6.45) is 1.55. The maximum absolute atomic E-state index is 13.6. The van der Waals surface area contributed by atoms with Gasteiger partial charge in [-0.05, 0) is 68.7 Å². The Morgan fingerprint density at radius 2 is 2.15 bits per heavy atom. The van der Waals surface area contributed by atoms with Crippen LogP contribution in [-0.4, -0.2) is 66.7 Å². The lowest BCUT2D eigenvalue weighted by atomic mass is 10.0. The Morgan fingerprint density at radius 1 is 1.32 bits per heavy atom. The van der Waals surface area contributed by atoms with E-state index in [-0.39, 0.29) is 17.1 Å². The molecule has 2 aromatic rings. The molecule has 2 N–H and O–H groups in total. The maximum atomic E-state index is 13.6. The third kappa shape index (κ3) is 6.22. The largest absolute Gasteiger partial charge is 0.491 e. The molecule has 0 bridgehead atoms. The van der Waals surface area contributed by atoms with Crippen LogP contribution in [0.15, 0.2) is 40.9 Å². The zero-order valence-electron chi connectivity index (χ0n) is 19.5.